The average molecular weight is 358 g/mol. The van der Waals surface area contributed by atoms with E-state index in [0.29, 0.717) is 6.54 Å². The van der Waals surface area contributed by atoms with Gasteiger partial charge in [0.25, 0.3) is 0 Å². The van der Waals surface area contributed by atoms with Gasteiger partial charge in [-0.15, -0.1) is 22.7 Å². The number of aliphatic hydroxyl groups is 1. The van der Waals surface area contributed by atoms with Crippen molar-refractivity contribution in [3.63, 3.8) is 0 Å². The van der Waals surface area contributed by atoms with E-state index in [-0.39, 0.29) is 6.03 Å². The van der Waals surface area contributed by atoms with Gasteiger partial charge in [-0.05, 0) is 42.6 Å². The molecule has 1 unspecified atom stereocenters. The maximum absolute atomic E-state index is 11.9. The van der Waals surface area contributed by atoms with E-state index in [4.69, 9.17) is 0 Å². The second-order valence-electron chi connectivity index (χ2n) is 5.40. The van der Waals surface area contributed by atoms with Crippen LogP contribution >= 0.6 is 22.7 Å². The first-order valence-electron chi connectivity index (χ1n) is 7.53. The molecule has 0 saturated carbocycles. The SMILES string of the molecule is Cc1ccc(NC(=O)NCc2ccc(C(O)c3cccs3)s2)cc1. The molecule has 4 nitrogen and oxygen atoms in total. The highest BCUT2D eigenvalue weighted by atomic mass is 32.1. The van der Waals surface area contributed by atoms with Gasteiger partial charge in [0.15, 0.2) is 0 Å². The quantitative estimate of drug-likeness (QED) is 0.628. The molecule has 2 aromatic heterocycles. The smallest absolute Gasteiger partial charge is 0.319 e. The van der Waals surface area contributed by atoms with Crippen molar-refractivity contribution < 1.29 is 9.90 Å². The molecule has 2 amide bonds. The summed E-state index contributed by atoms with van der Waals surface area (Å²) in [4.78, 5) is 14.7. The Morgan fingerprint density at radius 1 is 1.12 bits per heavy atom. The molecule has 0 aliphatic carbocycles. The zero-order valence-corrected chi connectivity index (χ0v) is 14.8. The second-order valence-corrected chi connectivity index (χ2v) is 7.57. The van der Waals surface area contributed by atoms with E-state index in [2.05, 4.69) is 10.6 Å². The highest BCUT2D eigenvalue weighted by molar-refractivity contribution is 7.12. The van der Waals surface area contributed by atoms with E-state index in [9.17, 15) is 9.90 Å². The summed E-state index contributed by atoms with van der Waals surface area (Å²) in [6.07, 6.45) is -0.592. The number of thiophene rings is 2. The van der Waals surface area contributed by atoms with Crippen molar-refractivity contribution in [2.24, 2.45) is 0 Å². The molecule has 0 radical (unpaired) electrons. The fourth-order valence-corrected chi connectivity index (χ4v) is 3.96. The van der Waals surface area contributed by atoms with Gasteiger partial charge in [0.05, 0.1) is 6.54 Å². The highest BCUT2D eigenvalue weighted by Gasteiger charge is 2.14. The van der Waals surface area contributed by atoms with Crippen molar-refractivity contribution in [2.45, 2.75) is 19.6 Å². The number of rotatable bonds is 5. The van der Waals surface area contributed by atoms with Gasteiger partial charge >= 0.3 is 6.03 Å². The third kappa shape index (κ3) is 4.23. The largest absolute Gasteiger partial charge is 0.382 e. The average Bonchev–Trinajstić information content (AvgIpc) is 3.26. The van der Waals surface area contributed by atoms with Crippen LogP contribution in [0.2, 0.25) is 0 Å². The lowest BCUT2D eigenvalue weighted by molar-refractivity contribution is 0.228. The number of nitrogens with one attached hydrogen (secondary N) is 2. The van der Waals surface area contributed by atoms with E-state index < -0.39 is 6.10 Å². The Labute approximate surface area is 148 Å². The number of amides is 2. The third-order valence-electron chi connectivity index (χ3n) is 3.50. The van der Waals surface area contributed by atoms with Crippen LogP contribution in [0.5, 0.6) is 0 Å². The molecule has 124 valence electrons. The molecule has 0 spiro atoms. The van der Waals surface area contributed by atoms with E-state index in [0.717, 1.165) is 25.9 Å². The molecule has 1 atom stereocenters. The van der Waals surface area contributed by atoms with Gasteiger partial charge in [0.2, 0.25) is 0 Å². The van der Waals surface area contributed by atoms with Crippen LogP contribution < -0.4 is 10.6 Å². The summed E-state index contributed by atoms with van der Waals surface area (Å²) in [5, 5.41) is 17.9. The molecule has 0 aliphatic rings. The van der Waals surface area contributed by atoms with Crippen molar-refractivity contribution in [1.82, 2.24) is 5.32 Å². The molecule has 24 heavy (non-hydrogen) atoms. The zero-order valence-electron chi connectivity index (χ0n) is 13.2. The summed E-state index contributed by atoms with van der Waals surface area (Å²) in [5.74, 6) is 0. The maximum Gasteiger partial charge on any atom is 0.319 e. The molecule has 0 bridgehead atoms. The van der Waals surface area contributed by atoms with Crippen LogP contribution in [0, 0.1) is 6.92 Å². The molecule has 6 heteroatoms. The summed E-state index contributed by atoms with van der Waals surface area (Å²) in [7, 11) is 0. The van der Waals surface area contributed by atoms with Gasteiger partial charge in [0, 0.05) is 20.3 Å². The number of carbonyl (C=O) groups is 1. The third-order valence-corrected chi connectivity index (χ3v) is 5.56. The molecule has 3 rings (SSSR count). The molecule has 2 heterocycles. The standard InChI is InChI=1S/C18H18N2O2S2/c1-12-4-6-13(7-5-12)20-18(22)19-11-14-8-9-16(24-14)17(21)15-3-2-10-23-15/h2-10,17,21H,11H2,1H3,(H2,19,20,22). The van der Waals surface area contributed by atoms with Crippen LogP contribution in [-0.4, -0.2) is 11.1 Å². The summed E-state index contributed by atoms with van der Waals surface area (Å²) >= 11 is 3.04. The molecule has 3 aromatic rings. The number of benzene rings is 1. The minimum atomic E-state index is -0.592. The normalized spacial score (nSPS) is 11.9. The van der Waals surface area contributed by atoms with Crippen molar-refractivity contribution in [3.8, 4) is 0 Å². The van der Waals surface area contributed by atoms with Gasteiger partial charge in [-0.25, -0.2) is 4.79 Å². The monoisotopic (exact) mass is 358 g/mol. The minimum Gasteiger partial charge on any atom is -0.382 e. The Bertz CT molecular complexity index is 795. The molecule has 3 N–H and O–H groups in total. The minimum absolute atomic E-state index is 0.243. The van der Waals surface area contributed by atoms with E-state index >= 15 is 0 Å². The zero-order chi connectivity index (χ0) is 16.9. The van der Waals surface area contributed by atoms with Gasteiger partial charge in [-0.3, -0.25) is 0 Å². The number of hydrogen-bond donors (Lipinski definition) is 3. The van der Waals surface area contributed by atoms with Crippen LogP contribution in [0.1, 0.15) is 26.3 Å². The number of anilines is 1. The first kappa shape index (κ1) is 16.7. The fraction of sp³-hybridized carbons (Fsp3) is 0.167. The van der Waals surface area contributed by atoms with Crippen molar-refractivity contribution in [3.05, 3.63) is 74.1 Å². The number of aryl methyl sites for hydroxylation is 1. The number of hydrogen-bond acceptors (Lipinski definition) is 4. The molecule has 0 fully saturated rings. The van der Waals surface area contributed by atoms with Crippen molar-refractivity contribution >= 4 is 34.4 Å². The topological polar surface area (TPSA) is 61.4 Å². The van der Waals surface area contributed by atoms with Crippen LogP contribution in [-0.2, 0) is 6.54 Å². The fourth-order valence-electron chi connectivity index (χ4n) is 2.20. The molecule has 0 saturated heterocycles. The Kier molecular flexibility index (Phi) is 5.30. The number of urea groups is 1. The van der Waals surface area contributed by atoms with Crippen molar-refractivity contribution in [2.75, 3.05) is 5.32 Å². The van der Waals surface area contributed by atoms with Crippen LogP contribution in [0.4, 0.5) is 10.5 Å². The Balaban J connectivity index is 1.53. The van der Waals surface area contributed by atoms with Crippen LogP contribution in [0.15, 0.2) is 53.9 Å². The highest BCUT2D eigenvalue weighted by Crippen LogP contribution is 2.30. The van der Waals surface area contributed by atoms with Crippen LogP contribution in [0.25, 0.3) is 0 Å². The molecular formula is C18H18N2O2S2. The van der Waals surface area contributed by atoms with Gasteiger partial charge in [-0.2, -0.15) is 0 Å². The van der Waals surface area contributed by atoms with Gasteiger partial charge in [0.1, 0.15) is 6.10 Å². The number of aliphatic hydroxyl groups excluding tert-OH is 1. The summed E-state index contributed by atoms with van der Waals surface area (Å²) in [6, 6.07) is 15.1. The van der Waals surface area contributed by atoms with Crippen molar-refractivity contribution in [1.29, 1.82) is 0 Å². The first-order valence-corrected chi connectivity index (χ1v) is 9.23. The summed E-state index contributed by atoms with van der Waals surface area (Å²) in [5.41, 5.74) is 1.91. The lowest BCUT2D eigenvalue weighted by Gasteiger charge is -2.07. The van der Waals surface area contributed by atoms with Gasteiger partial charge in [-0.1, -0.05) is 23.8 Å². The summed E-state index contributed by atoms with van der Waals surface area (Å²) in [6.45, 7) is 2.43. The maximum atomic E-state index is 11.9. The Morgan fingerprint density at radius 3 is 2.62 bits per heavy atom. The lowest BCUT2D eigenvalue weighted by atomic mass is 10.2. The Hall–Kier alpha value is -2.15. The van der Waals surface area contributed by atoms with E-state index in [1.165, 1.54) is 22.7 Å². The second kappa shape index (κ2) is 7.61. The van der Waals surface area contributed by atoms with E-state index in [1.807, 2.05) is 60.8 Å². The van der Waals surface area contributed by atoms with Crippen LogP contribution in [0.3, 0.4) is 0 Å². The number of carbonyl (C=O) groups excluding carboxylic acids is 1. The predicted molar refractivity (Wildman–Crippen MR) is 99.7 cm³/mol. The summed E-state index contributed by atoms with van der Waals surface area (Å²) < 4.78 is 0. The first-order chi connectivity index (χ1) is 11.6. The van der Waals surface area contributed by atoms with E-state index in [1.54, 1.807) is 0 Å². The molecular weight excluding hydrogens is 340 g/mol. The Morgan fingerprint density at radius 2 is 1.92 bits per heavy atom. The predicted octanol–water partition coefficient (Wildman–Crippen LogP) is 4.52. The molecule has 1 aromatic carbocycles. The lowest BCUT2D eigenvalue weighted by Crippen LogP contribution is -2.27. The van der Waals surface area contributed by atoms with Gasteiger partial charge < -0.3 is 15.7 Å². The molecule has 0 aliphatic heterocycles.